The molecule has 3 aromatic rings. The van der Waals surface area contributed by atoms with E-state index in [9.17, 15) is 0 Å². The first-order valence-corrected chi connectivity index (χ1v) is 9.59. The normalized spacial score (nSPS) is 16.1. The zero-order valence-corrected chi connectivity index (χ0v) is 19.3. The summed E-state index contributed by atoms with van der Waals surface area (Å²) >= 11 is 0. The van der Waals surface area contributed by atoms with Gasteiger partial charge in [-0.05, 0) is 38.0 Å². The Morgan fingerprint density at radius 3 is 2.86 bits per heavy atom. The lowest BCUT2D eigenvalue weighted by Gasteiger charge is -2.25. The maximum atomic E-state index is 4.63. The number of aromatic nitrogens is 5. The van der Waals surface area contributed by atoms with Crippen LogP contribution in [-0.4, -0.2) is 43.6 Å². The van der Waals surface area contributed by atoms with E-state index in [-0.39, 0.29) is 30.0 Å². The third kappa shape index (κ3) is 4.77. The van der Waals surface area contributed by atoms with Gasteiger partial charge < -0.3 is 10.6 Å². The molecule has 9 heteroatoms. The van der Waals surface area contributed by atoms with Crippen molar-refractivity contribution in [3.8, 4) is 5.69 Å². The largest absolute Gasteiger partial charge is 0.352 e. The van der Waals surface area contributed by atoms with Crippen LogP contribution in [-0.2, 0) is 19.5 Å². The van der Waals surface area contributed by atoms with E-state index in [1.807, 2.05) is 22.4 Å². The third-order valence-corrected chi connectivity index (χ3v) is 5.05. The number of rotatable bonds is 4. The van der Waals surface area contributed by atoms with E-state index in [0.717, 1.165) is 48.2 Å². The highest BCUT2D eigenvalue weighted by molar-refractivity contribution is 14.0. The molecular weight excluding hydrogens is 479 g/mol. The number of halogens is 1. The Morgan fingerprint density at radius 2 is 2.10 bits per heavy atom. The molecule has 0 saturated heterocycles. The first-order valence-electron chi connectivity index (χ1n) is 9.59. The molecule has 2 aromatic heterocycles. The average molecular weight is 506 g/mol. The number of guanidine groups is 1. The van der Waals surface area contributed by atoms with Crippen LogP contribution in [0.2, 0.25) is 0 Å². The van der Waals surface area contributed by atoms with E-state index in [1.54, 1.807) is 13.4 Å². The minimum atomic E-state index is 0. The summed E-state index contributed by atoms with van der Waals surface area (Å²) in [4.78, 5) is 8.68. The van der Waals surface area contributed by atoms with E-state index >= 15 is 0 Å². The lowest BCUT2D eigenvalue weighted by Crippen LogP contribution is -2.46. The quantitative estimate of drug-likeness (QED) is 0.323. The van der Waals surface area contributed by atoms with E-state index < -0.39 is 0 Å². The van der Waals surface area contributed by atoms with Crippen molar-refractivity contribution in [2.75, 3.05) is 7.05 Å². The summed E-state index contributed by atoms with van der Waals surface area (Å²) in [5.74, 6) is 1.84. The van der Waals surface area contributed by atoms with Gasteiger partial charge in [0.1, 0.15) is 12.2 Å². The Bertz CT molecular complexity index is 990. The number of nitrogens with zero attached hydrogens (tertiary/aromatic N) is 6. The van der Waals surface area contributed by atoms with Crippen molar-refractivity contribution < 1.29 is 0 Å². The van der Waals surface area contributed by atoms with Gasteiger partial charge in [0.25, 0.3) is 0 Å². The fourth-order valence-electron chi connectivity index (χ4n) is 3.66. The second kappa shape index (κ2) is 9.38. The Hall–Kier alpha value is -2.43. The average Bonchev–Trinajstić information content (AvgIpc) is 3.30. The molecule has 1 atom stereocenters. The highest BCUT2D eigenvalue weighted by Gasteiger charge is 2.20. The molecule has 2 N–H and O–H groups in total. The van der Waals surface area contributed by atoms with Crippen molar-refractivity contribution in [1.82, 2.24) is 35.2 Å². The highest BCUT2D eigenvalue weighted by Crippen LogP contribution is 2.17. The first kappa shape index (κ1) is 21.3. The molecule has 8 nitrogen and oxygen atoms in total. The Labute approximate surface area is 187 Å². The van der Waals surface area contributed by atoms with Gasteiger partial charge in [-0.15, -0.1) is 24.0 Å². The van der Waals surface area contributed by atoms with Gasteiger partial charge in [-0.2, -0.15) is 10.2 Å². The molecule has 0 fully saturated rings. The third-order valence-electron chi connectivity index (χ3n) is 5.05. The maximum Gasteiger partial charge on any atom is 0.191 e. The summed E-state index contributed by atoms with van der Waals surface area (Å²) in [6.45, 7) is 5.56. The summed E-state index contributed by atoms with van der Waals surface area (Å²) in [5, 5.41) is 15.9. The van der Waals surface area contributed by atoms with Crippen LogP contribution in [0.4, 0.5) is 0 Å². The number of para-hydroxylation sites is 1. The van der Waals surface area contributed by atoms with Crippen LogP contribution in [0.5, 0.6) is 0 Å². The van der Waals surface area contributed by atoms with Crippen molar-refractivity contribution in [3.63, 3.8) is 0 Å². The van der Waals surface area contributed by atoms with Gasteiger partial charge in [-0.25, -0.2) is 14.3 Å². The number of benzene rings is 1. The van der Waals surface area contributed by atoms with Crippen molar-refractivity contribution in [2.24, 2.45) is 4.99 Å². The summed E-state index contributed by atoms with van der Waals surface area (Å²) in [6, 6.07) is 10.7. The molecule has 0 spiro atoms. The zero-order valence-electron chi connectivity index (χ0n) is 17.0. The van der Waals surface area contributed by atoms with E-state index in [0.29, 0.717) is 6.54 Å². The molecule has 1 aliphatic rings. The highest BCUT2D eigenvalue weighted by atomic mass is 127. The standard InChI is InChI=1S/C20H26N8.HI/c1-14-10-15(2)28(26-14)18-7-5-4-6-16(18)11-22-20(21-3)25-17-8-9-19-23-13-24-27(19)12-17;/h4-7,10,13,17H,8-9,11-12H2,1-3H3,(H2,21,22,25);1H. The molecule has 0 radical (unpaired) electrons. The smallest absolute Gasteiger partial charge is 0.191 e. The van der Waals surface area contributed by atoms with E-state index in [4.69, 9.17) is 0 Å². The minimum Gasteiger partial charge on any atom is -0.352 e. The topological polar surface area (TPSA) is 84.9 Å². The fourth-order valence-corrected chi connectivity index (χ4v) is 3.66. The van der Waals surface area contributed by atoms with Crippen LogP contribution < -0.4 is 10.6 Å². The van der Waals surface area contributed by atoms with Gasteiger partial charge in [-0.3, -0.25) is 4.99 Å². The summed E-state index contributed by atoms with van der Waals surface area (Å²) in [6.07, 6.45) is 3.57. The minimum absolute atomic E-state index is 0. The van der Waals surface area contributed by atoms with Gasteiger partial charge in [0.2, 0.25) is 0 Å². The molecule has 0 amide bonds. The van der Waals surface area contributed by atoms with Crippen molar-refractivity contribution >= 4 is 29.9 Å². The molecule has 3 heterocycles. The van der Waals surface area contributed by atoms with Crippen molar-refractivity contribution in [3.05, 3.63) is 59.4 Å². The van der Waals surface area contributed by atoms with E-state index in [2.05, 4.69) is 62.0 Å². The Balaban J connectivity index is 0.00000240. The van der Waals surface area contributed by atoms with Crippen LogP contribution in [0.1, 0.15) is 29.2 Å². The number of hydrogen-bond acceptors (Lipinski definition) is 4. The molecule has 0 bridgehead atoms. The molecular formula is C20H27IN8. The fraction of sp³-hybridized carbons (Fsp3) is 0.400. The zero-order chi connectivity index (χ0) is 19.5. The van der Waals surface area contributed by atoms with Gasteiger partial charge in [0.05, 0.1) is 17.9 Å². The lowest BCUT2D eigenvalue weighted by molar-refractivity contribution is 0.392. The number of fused-ring (bicyclic) bond motifs is 1. The van der Waals surface area contributed by atoms with Crippen molar-refractivity contribution in [1.29, 1.82) is 0 Å². The number of aryl methyl sites for hydroxylation is 3. The predicted molar refractivity (Wildman–Crippen MR) is 124 cm³/mol. The predicted octanol–water partition coefficient (Wildman–Crippen LogP) is 2.38. The van der Waals surface area contributed by atoms with Gasteiger partial charge >= 0.3 is 0 Å². The summed E-state index contributed by atoms with van der Waals surface area (Å²) < 4.78 is 3.96. The first-order chi connectivity index (χ1) is 13.6. The molecule has 1 aliphatic heterocycles. The van der Waals surface area contributed by atoms with Crippen LogP contribution in [0, 0.1) is 13.8 Å². The Kier molecular flexibility index (Phi) is 6.88. The lowest BCUT2D eigenvalue weighted by atomic mass is 10.1. The summed E-state index contributed by atoms with van der Waals surface area (Å²) in [5.41, 5.74) is 4.39. The van der Waals surface area contributed by atoms with Crippen LogP contribution in [0.25, 0.3) is 5.69 Å². The Morgan fingerprint density at radius 1 is 1.28 bits per heavy atom. The molecule has 0 aliphatic carbocycles. The van der Waals surface area contributed by atoms with Crippen LogP contribution >= 0.6 is 24.0 Å². The molecule has 1 unspecified atom stereocenters. The SMILES string of the molecule is CN=C(NCc1ccccc1-n1nc(C)cc1C)NC1CCc2ncnn2C1.I. The molecule has 0 saturated carbocycles. The second-order valence-corrected chi connectivity index (χ2v) is 7.13. The second-order valence-electron chi connectivity index (χ2n) is 7.13. The number of hydrogen-bond donors (Lipinski definition) is 2. The van der Waals surface area contributed by atoms with Crippen molar-refractivity contribution in [2.45, 2.75) is 45.8 Å². The van der Waals surface area contributed by atoms with Crippen LogP contribution in [0.3, 0.4) is 0 Å². The molecule has 1 aromatic carbocycles. The van der Waals surface area contributed by atoms with Gasteiger partial charge in [0, 0.05) is 31.7 Å². The molecule has 29 heavy (non-hydrogen) atoms. The van der Waals surface area contributed by atoms with Crippen LogP contribution in [0.15, 0.2) is 41.7 Å². The van der Waals surface area contributed by atoms with Gasteiger partial charge in [-0.1, -0.05) is 18.2 Å². The summed E-state index contributed by atoms with van der Waals surface area (Å²) in [7, 11) is 1.80. The monoisotopic (exact) mass is 506 g/mol. The molecule has 154 valence electrons. The van der Waals surface area contributed by atoms with Gasteiger partial charge in [0.15, 0.2) is 5.96 Å². The molecule has 4 rings (SSSR count). The number of nitrogens with one attached hydrogen (secondary N) is 2. The number of aliphatic imine (C=N–C) groups is 1. The van der Waals surface area contributed by atoms with E-state index in [1.165, 1.54) is 5.56 Å². The maximum absolute atomic E-state index is 4.63.